The Bertz CT molecular complexity index is 557. The van der Waals surface area contributed by atoms with E-state index in [0.29, 0.717) is 30.2 Å². The minimum atomic E-state index is -2.92. The standard InChI is InChI=1S/C11H15N3O2S2/c12-11(17)9-4-1-5-10(14-9)13-7-8-3-2-6-18(8,15)16/h1,4-5,8H,2-3,6-7H2,(H2,12,17)(H,13,14). The summed E-state index contributed by atoms with van der Waals surface area (Å²) < 4.78 is 23.3. The van der Waals surface area contributed by atoms with E-state index in [1.807, 2.05) is 0 Å². The maximum Gasteiger partial charge on any atom is 0.154 e. The highest BCUT2D eigenvalue weighted by molar-refractivity contribution is 7.92. The van der Waals surface area contributed by atoms with Crippen molar-refractivity contribution in [2.24, 2.45) is 5.73 Å². The van der Waals surface area contributed by atoms with E-state index >= 15 is 0 Å². The summed E-state index contributed by atoms with van der Waals surface area (Å²) in [6, 6.07) is 5.27. The maximum absolute atomic E-state index is 11.7. The molecule has 1 atom stereocenters. The Morgan fingerprint density at radius 3 is 2.94 bits per heavy atom. The molecule has 2 heterocycles. The molecule has 1 aliphatic heterocycles. The van der Waals surface area contributed by atoms with Crippen molar-refractivity contribution in [1.29, 1.82) is 0 Å². The van der Waals surface area contributed by atoms with Crippen LogP contribution in [0, 0.1) is 0 Å². The van der Waals surface area contributed by atoms with Crippen LogP contribution in [0.5, 0.6) is 0 Å². The molecule has 0 bridgehead atoms. The Hall–Kier alpha value is -1.21. The Morgan fingerprint density at radius 2 is 2.33 bits per heavy atom. The monoisotopic (exact) mass is 285 g/mol. The van der Waals surface area contributed by atoms with Gasteiger partial charge in [-0.3, -0.25) is 0 Å². The molecule has 1 saturated heterocycles. The first-order chi connectivity index (χ1) is 8.49. The lowest BCUT2D eigenvalue weighted by atomic mass is 10.2. The van der Waals surface area contributed by atoms with Crippen molar-refractivity contribution in [3.05, 3.63) is 23.9 Å². The van der Waals surface area contributed by atoms with Crippen molar-refractivity contribution < 1.29 is 8.42 Å². The van der Waals surface area contributed by atoms with Crippen molar-refractivity contribution in [2.75, 3.05) is 17.6 Å². The van der Waals surface area contributed by atoms with E-state index in [2.05, 4.69) is 10.3 Å². The number of sulfone groups is 1. The predicted octanol–water partition coefficient (Wildman–Crippen LogP) is 0.705. The third-order valence-corrected chi connectivity index (χ3v) is 5.46. The van der Waals surface area contributed by atoms with E-state index in [4.69, 9.17) is 18.0 Å². The van der Waals surface area contributed by atoms with Crippen LogP contribution in [-0.4, -0.2) is 35.9 Å². The topological polar surface area (TPSA) is 85.1 Å². The minimum Gasteiger partial charge on any atom is -0.388 e. The van der Waals surface area contributed by atoms with Gasteiger partial charge in [0.15, 0.2) is 9.84 Å². The van der Waals surface area contributed by atoms with Crippen LogP contribution in [-0.2, 0) is 9.84 Å². The smallest absolute Gasteiger partial charge is 0.154 e. The highest BCUT2D eigenvalue weighted by Gasteiger charge is 2.30. The van der Waals surface area contributed by atoms with Gasteiger partial charge < -0.3 is 11.1 Å². The number of anilines is 1. The van der Waals surface area contributed by atoms with Gasteiger partial charge in [0.1, 0.15) is 10.8 Å². The lowest BCUT2D eigenvalue weighted by Gasteiger charge is -2.11. The highest BCUT2D eigenvalue weighted by Crippen LogP contribution is 2.20. The molecule has 5 nitrogen and oxygen atoms in total. The van der Waals surface area contributed by atoms with Gasteiger partial charge in [-0.1, -0.05) is 18.3 Å². The summed E-state index contributed by atoms with van der Waals surface area (Å²) in [6.45, 7) is 0.385. The Morgan fingerprint density at radius 1 is 1.56 bits per heavy atom. The van der Waals surface area contributed by atoms with Crippen molar-refractivity contribution in [1.82, 2.24) is 4.98 Å². The van der Waals surface area contributed by atoms with Gasteiger partial charge in [-0.05, 0) is 25.0 Å². The molecule has 1 aromatic heterocycles. The van der Waals surface area contributed by atoms with Crippen molar-refractivity contribution in [2.45, 2.75) is 18.1 Å². The molecule has 0 radical (unpaired) electrons. The molecular formula is C11H15N3O2S2. The summed E-state index contributed by atoms with van der Waals surface area (Å²) in [5.74, 6) is 0.891. The Labute approximate surface area is 112 Å². The molecule has 0 amide bonds. The molecule has 7 heteroatoms. The van der Waals surface area contributed by atoms with Crippen LogP contribution >= 0.6 is 12.2 Å². The number of nitrogens with zero attached hydrogens (tertiary/aromatic N) is 1. The van der Waals surface area contributed by atoms with Gasteiger partial charge in [0.25, 0.3) is 0 Å². The molecule has 0 saturated carbocycles. The van der Waals surface area contributed by atoms with Crippen molar-refractivity contribution in [3.63, 3.8) is 0 Å². The molecule has 0 aromatic carbocycles. The molecule has 18 heavy (non-hydrogen) atoms. The number of hydrogen-bond acceptors (Lipinski definition) is 5. The van der Waals surface area contributed by atoms with E-state index in [0.717, 1.165) is 6.42 Å². The van der Waals surface area contributed by atoms with Crippen molar-refractivity contribution in [3.8, 4) is 0 Å². The number of rotatable bonds is 4. The first kappa shape index (κ1) is 13.2. The number of thiocarbonyl (C=S) groups is 1. The summed E-state index contributed by atoms with van der Waals surface area (Å²) in [5, 5.41) is 2.72. The average molecular weight is 285 g/mol. The van der Waals surface area contributed by atoms with E-state index in [1.54, 1.807) is 18.2 Å². The van der Waals surface area contributed by atoms with Gasteiger partial charge in [-0.2, -0.15) is 0 Å². The molecule has 1 aliphatic rings. The van der Waals surface area contributed by atoms with Gasteiger partial charge in [-0.25, -0.2) is 13.4 Å². The largest absolute Gasteiger partial charge is 0.388 e. The molecular weight excluding hydrogens is 270 g/mol. The zero-order valence-electron chi connectivity index (χ0n) is 9.80. The van der Waals surface area contributed by atoms with Gasteiger partial charge in [0.05, 0.1) is 16.7 Å². The van der Waals surface area contributed by atoms with E-state index in [1.165, 1.54) is 0 Å². The van der Waals surface area contributed by atoms with Crippen LogP contribution in [0.3, 0.4) is 0 Å². The van der Waals surface area contributed by atoms with Gasteiger partial charge in [0, 0.05) is 6.54 Å². The summed E-state index contributed by atoms with van der Waals surface area (Å²) in [4.78, 5) is 4.44. The zero-order valence-corrected chi connectivity index (χ0v) is 11.4. The van der Waals surface area contributed by atoms with Crippen LogP contribution in [0.4, 0.5) is 5.82 Å². The summed E-state index contributed by atoms with van der Waals surface area (Å²) in [5.41, 5.74) is 6.02. The predicted molar refractivity (Wildman–Crippen MR) is 75.4 cm³/mol. The molecule has 3 N–H and O–H groups in total. The van der Waals surface area contributed by atoms with Gasteiger partial charge in [0.2, 0.25) is 0 Å². The Kier molecular flexibility index (Phi) is 3.82. The van der Waals surface area contributed by atoms with Crippen LogP contribution < -0.4 is 11.1 Å². The lowest BCUT2D eigenvalue weighted by molar-refractivity contribution is 0.591. The zero-order chi connectivity index (χ0) is 13.2. The molecule has 98 valence electrons. The van der Waals surface area contributed by atoms with Crippen molar-refractivity contribution >= 4 is 32.9 Å². The number of hydrogen-bond donors (Lipinski definition) is 2. The first-order valence-corrected chi connectivity index (χ1v) is 7.84. The SMILES string of the molecule is NC(=S)c1cccc(NCC2CCCS2(=O)=O)n1. The number of aromatic nitrogens is 1. The highest BCUT2D eigenvalue weighted by atomic mass is 32.2. The third kappa shape index (κ3) is 2.97. The molecule has 1 fully saturated rings. The molecule has 1 unspecified atom stereocenters. The summed E-state index contributed by atoms with van der Waals surface area (Å²) >= 11 is 4.84. The van der Waals surface area contributed by atoms with Crippen LogP contribution in [0.1, 0.15) is 18.5 Å². The minimum absolute atomic E-state index is 0.229. The van der Waals surface area contributed by atoms with Crippen LogP contribution in [0.15, 0.2) is 18.2 Å². The second-order valence-corrected chi connectivity index (χ2v) is 7.12. The van der Waals surface area contributed by atoms with Gasteiger partial charge >= 0.3 is 0 Å². The second kappa shape index (κ2) is 5.19. The fraction of sp³-hybridized carbons (Fsp3) is 0.455. The quantitative estimate of drug-likeness (QED) is 0.792. The fourth-order valence-corrected chi connectivity index (χ4v) is 3.86. The van der Waals surface area contributed by atoms with E-state index in [-0.39, 0.29) is 10.2 Å². The van der Waals surface area contributed by atoms with Crippen LogP contribution in [0.25, 0.3) is 0 Å². The first-order valence-electron chi connectivity index (χ1n) is 5.71. The Balaban J connectivity index is 2.02. The lowest BCUT2D eigenvalue weighted by Crippen LogP contribution is -2.25. The molecule has 0 aliphatic carbocycles. The number of nitrogens with two attached hydrogens (primary N) is 1. The third-order valence-electron chi connectivity index (χ3n) is 2.98. The van der Waals surface area contributed by atoms with Gasteiger partial charge in [-0.15, -0.1) is 0 Å². The molecule has 0 spiro atoms. The van der Waals surface area contributed by atoms with E-state index < -0.39 is 9.84 Å². The van der Waals surface area contributed by atoms with E-state index in [9.17, 15) is 8.42 Å². The fourth-order valence-electron chi connectivity index (χ4n) is 1.98. The summed E-state index contributed by atoms with van der Waals surface area (Å²) in [6.07, 6.45) is 1.46. The summed E-state index contributed by atoms with van der Waals surface area (Å²) in [7, 11) is -2.92. The van der Waals surface area contributed by atoms with Crippen LogP contribution in [0.2, 0.25) is 0 Å². The average Bonchev–Trinajstić information content (AvgIpc) is 2.66. The number of nitrogens with one attached hydrogen (secondary N) is 1. The molecule has 2 rings (SSSR count). The number of pyridine rings is 1. The normalized spacial score (nSPS) is 21.7. The maximum atomic E-state index is 11.7. The second-order valence-electron chi connectivity index (χ2n) is 4.28. The molecule has 1 aromatic rings.